The van der Waals surface area contributed by atoms with E-state index in [9.17, 15) is 9.18 Å². The van der Waals surface area contributed by atoms with Crippen molar-refractivity contribution in [2.45, 2.75) is 6.10 Å². The van der Waals surface area contributed by atoms with Crippen LogP contribution in [0, 0.1) is 11.7 Å². The van der Waals surface area contributed by atoms with Gasteiger partial charge in [-0.3, -0.25) is 4.79 Å². The molecule has 0 radical (unpaired) electrons. The Morgan fingerprint density at radius 1 is 0.892 bits per heavy atom. The van der Waals surface area contributed by atoms with Gasteiger partial charge in [0.05, 0.1) is 12.8 Å². The number of hydrogen-bond acceptors (Lipinski definition) is 4. The van der Waals surface area contributed by atoms with E-state index < -0.39 is 12.0 Å². The minimum atomic E-state index is -0.750. The van der Waals surface area contributed by atoms with E-state index >= 15 is 0 Å². The van der Waals surface area contributed by atoms with Crippen molar-refractivity contribution in [1.82, 2.24) is 4.98 Å². The number of nitrogens with zero attached hydrogens (tertiary/aromatic N) is 1. The van der Waals surface area contributed by atoms with Crippen LogP contribution in [0.3, 0.4) is 0 Å². The van der Waals surface area contributed by atoms with Gasteiger partial charge < -0.3 is 14.6 Å². The molecule has 4 aromatic carbocycles. The lowest BCUT2D eigenvalue weighted by atomic mass is 9.82. The van der Waals surface area contributed by atoms with Gasteiger partial charge in [-0.25, -0.2) is 4.39 Å². The van der Waals surface area contributed by atoms with Gasteiger partial charge in [-0.1, -0.05) is 65.8 Å². The van der Waals surface area contributed by atoms with E-state index in [2.05, 4.69) is 10.1 Å². The first-order valence-electron chi connectivity index (χ1n) is 12.0. The van der Waals surface area contributed by atoms with E-state index in [1.807, 2.05) is 54.6 Å². The molecule has 2 atom stereocenters. The number of ketones is 1. The highest BCUT2D eigenvalue weighted by atomic mass is 19.1. The molecule has 1 N–H and O–H groups in total. The van der Waals surface area contributed by atoms with Gasteiger partial charge in [0.15, 0.2) is 11.9 Å². The third-order valence-corrected chi connectivity index (χ3v) is 6.74. The van der Waals surface area contributed by atoms with Crippen LogP contribution in [-0.2, 0) is 4.84 Å². The van der Waals surface area contributed by atoms with Crippen LogP contribution in [-0.4, -0.2) is 23.6 Å². The molecular weight excluding hydrogens is 467 g/mol. The summed E-state index contributed by atoms with van der Waals surface area (Å²) in [4.78, 5) is 23.6. The van der Waals surface area contributed by atoms with Crippen molar-refractivity contribution in [2.24, 2.45) is 11.1 Å². The first-order chi connectivity index (χ1) is 18.1. The molecule has 37 heavy (non-hydrogen) atoms. The number of rotatable bonds is 6. The third kappa shape index (κ3) is 4.06. The summed E-state index contributed by atoms with van der Waals surface area (Å²) in [5.41, 5.74) is 5.30. The maximum atomic E-state index is 14.1. The Morgan fingerprint density at radius 3 is 2.32 bits per heavy atom. The summed E-state index contributed by atoms with van der Waals surface area (Å²) in [7, 11) is 1.58. The molecule has 1 aliphatic rings. The monoisotopic (exact) mass is 490 g/mol. The van der Waals surface area contributed by atoms with E-state index in [-0.39, 0.29) is 11.6 Å². The minimum Gasteiger partial charge on any atom is -0.497 e. The molecular formula is C31H23FN2O3. The predicted molar refractivity (Wildman–Crippen MR) is 141 cm³/mol. The topological polar surface area (TPSA) is 63.7 Å². The van der Waals surface area contributed by atoms with Crippen molar-refractivity contribution < 1.29 is 18.8 Å². The molecule has 0 spiro atoms. The van der Waals surface area contributed by atoms with Crippen LogP contribution in [0.1, 0.15) is 27.6 Å². The summed E-state index contributed by atoms with van der Waals surface area (Å²) in [6, 6.07) is 30.9. The quantitative estimate of drug-likeness (QED) is 0.262. The van der Waals surface area contributed by atoms with Crippen molar-refractivity contribution in [3.05, 3.63) is 126 Å². The van der Waals surface area contributed by atoms with Gasteiger partial charge in [-0.05, 0) is 53.6 Å². The Bertz CT molecular complexity index is 1610. The van der Waals surface area contributed by atoms with Gasteiger partial charge in [0.2, 0.25) is 0 Å². The van der Waals surface area contributed by atoms with Crippen LogP contribution in [0.2, 0.25) is 0 Å². The van der Waals surface area contributed by atoms with Crippen molar-refractivity contribution in [2.75, 3.05) is 7.11 Å². The molecule has 1 aromatic heterocycles. The zero-order valence-corrected chi connectivity index (χ0v) is 20.0. The molecule has 0 saturated heterocycles. The number of Topliss-reactive ketones (excluding diaryl/α,β-unsaturated/α-hetero) is 1. The number of oxime groups is 1. The van der Waals surface area contributed by atoms with Crippen molar-refractivity contribution >= 4 is 22.4 Å². The van der Waals surface area contributed by atoms with Crippen LogP contribution >= 0.6 is 0 Å². The van der Waals surface area contributed by atoms with Crippen LogP contribution < -0.4 is 4.74 Å². The van der Waals surface area contributed by atoms with E-state index in [1.165, 1.54) is 12.1 Å². The number of fused-ring (bicyclic) bond motifs is 1. The highest BCUT2D eigenvalue weighted by molar-refractivity contribution is 6.25. The lowest BCUT2D eigenvalue weighted by molar-refractivity contribution is 0.0533. The third-order valence-electron chi connectivity index (χ3n) is 6.74. The first-order valence-corrected chi connectivity index (χ1v) is 12.0. The average Bonchev–Trinajstić information content (AvgIpc) is 3.55. The highest BCUT2D eigenvalue weighted by Crippen LogP contribution is 2.42. The zero-order chi connectivity index (χ0) is 25.4. The number of carbonyl (C=O) groups excluding carboxylic acids is 1. The number of aromatic amines is 1. The van der Waals surface area contributed by atoms with Gasteiger partial charge in [-0.2, -0.15) is 0 Å². The Labute approximate surface area is 213 Å². The second kappa shape index (κ2) is 9.39. The summed E-state index contributed by atoms with van der Waals surface area (Å²) >= 11 is 0. The SMILES string of the molecule is COc1ccc(C(=O)C2C(c3c(-c4ccccc4)[nH]c4ccccc34)=NOC2c2ccc(F)cc2)cc1. The number of hydrogen-bond donors (Lipinski definition) is 1. The maximum Gasteiger partial charge on any atom is 0.176 e. The van der Waals surface area contributed by atoms with Crippen LogP contribution in [0.4, 0.5) is 4.39 Å². The maximum absolute atomic E-state index is 14.1. The van der Waals surface area contributed by atoms with E-state index in [0.29, 0.717) is 22.6 Å². The Balaban J connectivity index is 1.53. The summed E-state index contributed by atoms with van der Waals surface area (Å²) in [6.45, 7) is 0. The number of H-pyrrole nitrogens is 1. The van der Waals surface area contributed by atoms with Crippen molar-refractivity contribution in [3.8, 4) is 17.0 Å². The molecule has 5 nitrogen and oxygen atoms in total. The number of aromatic nitrogens is 1. The van der Waals surface area contributed by atoms with Crippen molar-refractivity contribution in [1.29, 1.82) is 0 Å². The molecule has 2 unspecified atom stereocenters. The smallest absolute Gasteiger partial charge is 0.176 e. The molecule has 6 heteroatoms. The van der Waals surface area contributed by atoms with Crippen LogP contribution in [0.25, 0.3) is 22.2 Å². The molecule has 0 saturated carbocycles. The highest BCUT2D eigenvalue weighted by Gasteiger charge is 2.43. The molecule has 0 fully saturated rings. The lowest BCUT2D eigenvalue weighted by Crippen LogP contribution is -2.27. The molecule has 0 amide bonds. The lowest BCUT2D eigenvalue weighted by Gasteiger charge is -2.19. The molecule has 5 aromatic rings. The van der Waals surface area contributed by atoms with Crippen molar-refractivity contribution in [3.63, 3.8) is 0 Å². The Hall–Kier alpha value is -4.71. The summed E-state index contributed by atoms with van der Waals surface area (Å²) in [5.74, 6) is -0.590. The number of ether oxygens (including phenoxy) is 1. The number of para-hydroxylation sites is 1. The van der Waals surface area contributed by atoms with E-state index in [4.69, 9.17) is 9.57 Å². The summed E-state index contributed by atoms with van der Waals surface area (Å²) in [5, 5.41) is 5.45. The first kappa shape index (κ1) is 22.7. The minimum absolute atomic E-state index is 0.141. The molecule has 1 aliphatic heterocycles. The predicted octanol–water partition coefficient (Wildman–Crippen LogP) is 6.96. The fourth-order valence-electron chi connectivity index (χ4n) is 4.91. The molecule has 182 valence electrons. The molecule has 6 rings (SSSR count). The number of carbonyl (C=O) groups is 1. The number of benzene rings is 4. The molecule has 2 heterocycles. The fraction of sp³-hybridized carbons (Fsp3) is 0.0968. The Morgan fingerprint density at radius 2 is 1.59 bits per heavy atom. The second-order valence-electron chi connectivity index (χ2n) is 8.91. The molecule has 0 aliphatic carbocycles. The second-order valence-corrected chi connectivity index (χ2v) is 8.91. The van der Waals surface area contributed by atoms with Gasteiger partial charge in [0.1, 0.15) is 23.2 Å². The number of nitrogens with one attached hydrogen (secondary N) is 1. The van der Waals surface area contributed by atoms with E-state index in [1.54, 1.807) is 43.5 Å². The normalized spacial score (nSPS) is 16.9. The Kier molecular flexibility index (Phi) is 5.77. The van der Waals surface area contributed by atoms with E-state index in [0.717, 1.165) is 27.7 Å². The fourth-order valence-corrected chi connectivity index (χ4v) is 4.91. The van der Waals surface area contributed by atoms with Gasteiger partial charge >= 0.3 is 0 Å². The largest absolute Gasteiger partial charge is 0.497 e. The number of halogens is 1. The summed E-state index contributed by atoms with van der Waals surface area (Å²) < 4.78 is 19.0. The van der Waals surface area contributed by atoms with Gasteiger partial charge in [-0.15, -0.1) is 0 Å². The van der Waals surface area contributed by atoms with Gasteiger partial charge in [0.25, 0.3) is 0 Å². The standard InChI is InChI=1S/C31H23FN2O3/c1-36-23-17-13-20(14-18-23)30(35)27-29(34-37-31(27)21-11-15-22(32)16-12-21)26-24-9-5-6-10-25(24)33-28(26)19-7-3-2-4-8-19/h2-18,27,31,33H,1H3. The zero-order valence-electron chi connectivity index (χ0n) is 20.0. The van der Waals surface area contributed by atoms with Crippen LogP contribution in [0.15, 0.2) is 108 Å². The van der Waals surface area contributed by atoms with Crippen LogP contribution in [0.5, 0.6) is 5.75 Å². The average molecular weight is 491 g/mol. The summed E-state index contributed by atoms with van der Waals surface area (Å²) in [6.07, 6.45) is -0.706. The number of methoxy groups -OCH3 is 1. The molecule has 0 bridgehead atoms. The van der Waals surface area contributed by atoms with Gasteiger partial charge in [0, 0.05) is 22.0 Å².